The van der Waals surface area contributed by atoms with Gasteiger partial charge in [-0.2, -0.15) is 0 Å². The lowest BCUT2D eigenvalue weighted by molar-refractivity contribution is 0.0447. The fourth-order valence-electron chi connectivity index (χ4n) is 3.39. The molecule has 0 bridgehead atoms. The molecule has 3 rings (SSSR count). The Balaban J connectivity index is 1.81. The summed E-state index contributed by atoms with van der Waals surface area (Å²) >= 11 is 5.34. The number of hydrogen-bond donors (Lipinski definition) is 2. The van der Waals surface area contributed by atoms with Crippen LogP contribution in [-0.4, -0.2) is 45.2 Å². The molecule has 1 fully saturated rings. The number of aliphatic hydroxyl groups excluding tert-OH is 1. The minimum Gasteiger partial charge on any atom is -0.393 e. The van der Waals surface area contributed by atoms with Crippen LogP contribution in [0.3, 0.4) is 0 Å². The van der Waals surface area contributed by atoms with E-state index in [0.717, 1.165) is 31.4 Å². The van der Waals surface area contributed by atoms with Crippen LogP contribution in [0.2, 0.25) is 0 Å². The summed E-state index contributed by atoms with van der Waals surface area (Å²) in [6, 6.07) is 9.61. The Kier molecular flexibility index (Phi) is 5.16. The number of aromatic nitrogens is 2. The molecule has 2 N–H and O–H groups in total. The van der Waals surface area contributed by atoms with Crippen LogP contribution in [0.1, 0.15) is 36.2 Å². The SMILES string of the molecule is CN(CC1CCCCC1O)C(=O)c1c[nH]c(=S)n1-c1ccccc1. The van der Waals surface area contributed by atoms with E-state index in [-0.39, 0.29) is 17.9 Å². The van der Waals surface area contributed by atoms with Gasteiger partial charge in [-0.1, -0.05) is 31.0 Å². The molecular weight excluding hydrogens is 322 g/mol. The molecule has 0 aliphatic heterocycles. The number of benzene rings is 1. The number of carbonyl (C=O) groups excluding carboxylic acids is 1. The molecule has 1 aliphatic carbocycles. The first kappa shape index (κ1) is 16.9. The number of hydrogen-bond acceptors (Lipinski definition) is 3. The van der Waals surface area contributed by atoms with Crippen molar-refractivity contribution >= 4 is 18.1 Å². The number of rotatable bonds is 4. The zero-order valence-corrected chi connectivity index (χ0v) is 14.6. The van der Waals surface area contributed by atoms with E-state index in [4.69, 9.17) is 12.2 Å². The highest BCUT2D eigenvalue weighted by molar-refractivity contribution is 7.71. The van der Waals surface area contributed by atoms with E-state index in [1.54, 1.807) is 22.7 Å². The number of nitrogens with one attached hydrogen (secondary N) is 1. The maximum Gasteiger partial charge on any atom is 0.272 e. The van der Waals surface area contributed by atoms with Crippen molar-refractivity contribution in [3.05, 3.63) is 47.0 Å². The third-order valence-electron chi connectivity index (χ3n) is 4.73. The third-order valence-corrected chi connectivity index (χ3v) is 5.03. The number of carbonyl (C=O) groups is 1. The number of aliphatic hydroxyl groups is 1. The van der Waals surface area contributed by atoms with Gasteiger partial charge in [-0.15, -0.1) is 0 Å². The first-order chi connectivity index (χ1) is 11.6. The van der Waals surface area contributed by atoms with Crippen LogP contribution < -0.4 is 0 Å². The van der Waals surface area contributed by atoms with Crippen molar-refractivity contribution in [3.63, 3.8) is 0 Å². The molecule has 0 radical (unpaired) electrons. The number of imidazole rings is 1. The second-order valence-corrected chi connectivity index (χ2v) is 6.83. The van der Waals surface area contributed by atoms with E-state index in [2.05, 4.69) is 4.98 Å². The molecule has 128 valence electrons. The molecule has 1 aromatic heterocycles. The standard InChI is InChI=1S/C18H23N3O2S/c1-20(12-13-7-5-6-10-16(13)22)17(23)15-11-19-18(24)21(15)14-8-3-2-4-9-14/h2-4,8-9,11,13,16,22H,5-7,10,12H2,1H3,(H,19,24). The van der Waals surface area contributed by atoms with E-state index in [0.29, 0.717) is 17.0 Å². The molecular formula is C18H23N3O2S. The summed E-state index contributed by atoms with van der Waals surface area (Å²) in [7, 11) is 1.79. The fraction of sp³-hybridized carbons (Fsp3) is 0.444. The molecule has 5 nitrogen and oxygen atoms in total. The van der Waals surface area contributed by atoms with E-state index in [1.165, 1.54) is 0 Å². The van der Waals surface area contributed by atoms with Gasteiger partial charge >= 0.3 is 0 Å². The lowest BCUT2D eigenvalue weighted by atomic mass is 9.86. The molecule has 0 spiro atoms. The van der Waals surface area contributed by atoms with Crippen molar-refractivity contribution in [1.82, 2.24) is 14.5 Å². The van der Waals surface area contributed by atoms with E-state index >= 15 is 0 Å². The molecule has 1 aromatic carbocycles. The average molecular weight is 345 g/mol. The first-order valence-electron chi connectivity index (χ1n) is 8.37. The van der Waals surface area contributed by atoms with Gasteiger partial charge in [-0.25, -0.2) is 0 Å². The quantitative estimate of drug-likeness (QED) is 0.837. The zero-order valence-electron chi connectivity index (χ0n) is 13.8. The summed E-state index contributed by atoms with van der Waals surface area (Å²) in [5, 5.41) is 10.1. The second kappa shape index (κ2) is 7.32. The fourth-order valence-corrected chi connectivity index (χ4v) is 3.65. The first-order valence-corrected chi connectivity index (χ1v) is 8.78. The van der Waals surface area contributed by atoms with Crippen LogP contribution in [0.5, 0.6) is 0 Å². The molecule has 1 aliphatic rings. The van der Waals surface area contributed by atoms with Crippen molar-refractivity contribution in [2.75, 3.05) is 13.6 Å². The largest absolute Gasteiger partial charge is 0.393 e. The number of para-hydroxylation sites is 1. The highest BCUT2D eigenvalue weighted by atomic mass is 32.1. The van der Waals surface area contributed by atoms with Crippen molar-refractivity contribution < 1.29 is 9.90 Å². The maximum absolute atomic E-state index is 12.9. The number of nitrogens with zero attached hydrogens (tertiary/aromatic N) is 2. The van der Waals surface area contributed by atoms with Crippen LogP contribution in [0.25, 0.3) is 5.69 Å². The Morgan fingerprint density at radius 1 is 1.33 bits per heavy atom. The van der Waals surface area contributed by atoms with E-state index in [1.807, 2.05) is 30.3 Å². The van der Waals surface area contributed by atoms with Crippen molar-refractivity contribution in [3.8, 4) is 5.69 Å². The van der Waals surface area contributed by atoms with Gasteiger partial charge in [0.2, 0.25) is 0 Å². The predicted molar refractivity (Wildman–Crippen MR) is 95.9 cm³/mol. The van der Waals surface area contributed by atoms with Gasteiger partial charge in [0, 0.05) is 31.4 Å². The smallest absolute Gasteiger partial charge is 0.272 e. The third kappa shape index (κ3) is 3.44. The van der Waals surface area contributed by atoms with Gasteiger partial charge in [0.05, 0.1) is 6.10 Å². The van der Waals surface area contributed by atoms with Gasteiger partial charge in [0.25, 0.3) is 5.91 Å². The van der Waals surface area contributed by atoms with Crippen LogP contribution in [0, 0.1) is 10.7 Å². The Morgan fingerprint density at radius 3 is 2.75 bits per heavy atom. The molecule has 24 heavy (non-hydrogen) atoms. The van der Waals surface area contributed by atoms with Crippen molar-refractivity contribution in [2.45, 2.75) is 31.8 Å². The van der Waals surface area contributed by atoms with Gasteiger partial charge < -0.3 is 15.0 Å². The van der Waals surface area contributed by atoms with Crippen LogP contribution in [0.15, 0.2) is 36.5 Å². The summed E-state index contributed by atoms with van der Waals surface area (Å²) in [5.74, 6) is 0.0590. The summed E-state index contributed by atoms with van der Waals surface area (Å²) < 4.78 is 2.25. The number of amides is 1. The Hall–Kier alpha value is -1.92. The van der Waals surface area contributed by atoms with Gasteiger partial charge in [0.15, 0.2) is 4.77 Å². The molecule has 0 saturated heterocycles. The highest BCUT2D eigenvalue weighted by Gasteiger charge is 2.27. The lowest BCUT2D eigenvalue weighted by Gasteiger charge is -2.31. The normalized spacial score (nSPS) is 20.8. The highest BCUT2D eigenvalue weighted by Crippen LogP contribution is 2.25. The summed E-state index contributed by atoms with van der Waals surface area (Å²) in [4.78, 5) is 17.5. The number of H-pyrrole nitrogens is 1. The topological polar surface area (TPSA) is 61.3 Å². The molecule has 6 heteroatoms. The van der Waals surface area contributed by atoms with Gasteiger partial charge in [-0.05, 0) is 37.2 Å². The van der Waals surface area contributed by atoms with Gasteiger partial charge in [0.1, 0.15) is 5.69 Å². The minimum absolute atomic E-state index is 0.0935. The van der Waals surface area contributed by atoms with Crippen molar-refractivity contribution in [2.24, 2.45) is 5.92 Å². The average Bonchev–Trinajstić information content (AvgIpc) is 2.98. The molecule has 1 saturated carbocycles. The Bertz CT molecular complexity index is 753. The zero-order chi connectivity index (χ0) is 17.1. The van der Waals surface area contributed by atoms with E-state index in [9.17, 15) is 9.90 Å². The molecule has 2 atom stereocenters. The summed E-state index contributed by atoms with van der Waals surface area (Å²) in [6.07, 6.45) is 5.34. The van der Waals surface area contributed by atoms with Crippen LogP contribution in [-0.2, 0) is 0 Å². The molecule has 1 amide bonds. The second-order valence-electron chi connectivity index (χ2n) is 6.45. The molecule has 2 aromatic rings. The Morgan fingerprint density at radius 2 is 2.04 bits per heavy atom. The number of aromatic amines is 1. The van der Waals surface area contributed by atoms with Gasteiger partial charge in [-0.3, -0.25) is 9.36 Å². The summed E-state index contributed by atoms with van der Waals surface area (Å²) in [6.45, 7) is 0.562. The van der Waals surface area contributed by atoms with E-state index < -0.39 is 0 Å². The monoisotopic (exact) mass is 345 g/mol. The minimum atomic E-state index is -0.309. The summed E-state index contributed by atoms with van der Waals surface area (Å²) in [5.41, 5.74) is 1.37. The lowest BCUT2D eigenvalue weighted by Crippen LogP contribution is -2.38. The predicted octanol–water partition coefficient (Wildman–Crippen LogP) is 3.16. The van der Waals surface area contributed by atoms with Crippen LogP contribution in [0.4, 0.5) is 0 Å². The Labute approximate surface area is 146 Å². The van der Waals surface area contributed by atoms with Crippen LogP contribution >= 0.6 is 12.2 Å². The molecule has 1 heterocycles. The van der Waals surface area contributed by atoms with Crippen molar-refractivity contribution in [1.29, 1.82) is 0 Å². The molecule has 2 unspecified atom stereocenters. The maximum atomic E-state index is 12.9.